The number of hydrogen-bond donors (Lipinski definition) is 0. The van der Waals surface area contributed by atoms with Gasteiger partial charge >= 0.3 is 5.97 Å². The molecule has 0 radical (unpaired) electrons. The molecule has 1 saturated heterocycles. The molecular weight excluding hydrogens is 384 g/mol. The van der Waals surface area contributed by atoms with Crippen LogP contribution in [-0.4, -0.2) is 43.1 Å². The van der Waals surface area contributed by atoms with Gasteiger partial charge in [-0.1, -0.05) is 32.8 Å². The molecule has 1 fully saturated rings. The second-order valence-electron chi connectivity index (χ2n) is 8.25. The Bertz CT molecular complexity index is 578. The Balaban J connectivity index is 2.41. The number of carbonyl (C=O) groups is 3. The van der Waals surface area contributed by atoms with Crippen molar-refractivity contribution < 1.29 is 28.6 Å². The van der Waals surface area contributed by atoms with Gasteiger partial charge in [0.15, 0.2) is 11.6 Å². The number of unbranched alkanes of at least 4 members (excludes halogenated alkanes) is 2. The molecule has 0 bridgehead atoms. The van der Waals surface area contributed by atoms with Gasteiger partial charge in [-0.05, 0) is 38.2 Å². The Morgan fingerprint density at radius 1 is 1.10 bits per heavy atom. The molecular formula is C24H40O6. The SMILES string of the molecule is CCCCCC(=O)C=CCC(CCC(=O)CCCC1(CC)CCC(=O)O1)(OC)OC. The zero-order valence-electron chi connectivity index (χ0n) is 19.3. The van der Waals surface area contributed by atoms with Crippen LogP contribution in [0.4, 0.5) is 0 Å². The van der Waals surface area contributed by atoms with E-state index in [4.69, 9.17) is 14.2 Å². The summed E-state index contributed by atoms with van der Waals surface area (Å²) in [5.41, 5.74) is -0.380. The van der Waals surface area contributed by atoms with E-state index in [0.29, 0.717) is 44.9 Å². The quantitative estimate of drug-likeness (QED) is 0.140. The third kappa shape index (κ3) is 9.09. The number of esters is 1. The monoisotopic (exact) mass is 424 g/mol. The first-order valence-electron chi connectivity index (χ1n) is 11.4. The van der Waals surface area contributed by atoms with Gasteiger partial charge in [0.1, 0.15) is 11.4 Å². The number of rotatable bonds is 17. The molecule has 0 saturated carbocycles. The molecule has 0 aromatic rings. The molecule has 1 aliphatic heterocycles. The smallest absolute Gasteiger partial charge is 0.306 e. The molecule has 0 aliphatic carbocycles. The predicted molar refractivity (Wildman–Crippen MR) is 116 cm³/mol. The van der Waals surface area contributed by atoms with E-state index in [1.165, 1.54) is 0 Å². The van der Waals surface area contributed by atoms with Crippen LogP contribution in [0, 0.1) is 0 Å². The highest BCUT2D eigenvalue weighted by molar-refractivity contribution is 5.89. The number of carbonyl (C=O) groups excluding carboxylic acids is 3. The maximum absolute atomic E-state index is 12.4. The molecule has 0 spiro atoms. The van der Waals surface area contributed by atoms with E-state index < -0.39 is 5.79 Å². The van der Waals surface area contributed by atoms with Crippen molar-refractivity contribution in [2.75, 3.05) is 14.2 Å². The average molecular weight is 425 g/mol. The summed E-state index contributed by atoms with van der Waals surface area (Å²) in [6.45, 7) is 4.13. The maximum Gasteiger partial charge on any atom is 0.306 e. The van der Waals surface area contributed by atoms with Crippen LogP contribution in [0.25, 0.3) is 0 Å². The number of cyclic esters (lactones) is 1. The van der Waals surface area contributed by atoms with Gasteiger partial charge in [-0.25, -0.2) is 0 Å². The third-order valence-electron chi connectivity index (χ3n) is 6.14. The molecule has 6 nitrogen and oxygen atoms in total. The summed E-state index contributed by atoms with van der Waals surface area (Å²) >= 11 is 0. The number of ether oxygens (including phenoxy) is 3. The van der Waals surface area contributed by atoms with Crippen molar-refractivity contribution >= 4 is 17.5 Å². The lowest BCUT2D eigenvalue weighted by atomic mass is 9.90. The minimum Gasteiger partial charge on any atom is -0.459 e. The van der Waals surface area contributed by atoms with E-state index in [-0.39, 0.29) is 23.1 Å². The lowest BCUT2D eigenvalue weighted by Gasteiger charge is -2.30. The van der Waals surface area contributed by atoms with E-state index in [1.807, 2.05) is 6.92 Å². The van der Waals surface area contributed by atoms with E-state index in [1.54, 1.807) is 26.4 Å². The van der Waals surface area contributed by atoms with Crippen molar-refractivity contribution in [2.24, 2.45) is 0 Å². The van der Waals surface area contributed by atoms with Crippen LogP contribution >= 0.6 is 0 Å². The first kappa shape index (κ1) is 26.5. The van der Waals surface area contributed by atoms with Crippen LogP contribution < -0.4 is 0 Å². The summed E-state index contributed by atoms with van der Waals surface area (Å²) in [5, 5.41) is 0. The van der Waals surface area contributed by atoms with Crippen LogP contribution in [0.1, 0.15) is 97.3 Å². The Hall–Kier alpha value is -1.53. The van der Waals surface area contributed by atoms with Crippen molar-refractivity contribution in [1.82, 2.24) is 0 Å². The summed E-state index contributed by atoms with van der Waals surface area (Å²) in [6, 6.07) is 0. The van der Waals surface area contributed by atoms with Gasteiger partial charge < -0.3 is 14.2 Å². The first-order valence-corrected chi connectivity index (χ1v) is 11.4. The number of methoxy groups -OCH3 is 2. The molecule has 6 heteroatoms. The van der Waals surface area contributed by atoms with Gasteiger partial charge in [0.2, 0.25) is 0 Å². The van der Waals surface area contributed by atoms with E-state index in [2.05, 4.69) is 6.92 Å². The zero-order valence-corrected chi connectivity index (χ0v) is 19.3. The predicted octanol–water partition coefficient (Wildman–Crippen LogP) is 5.08. The van der Waals surface area contributed by atoms with Crippen molar-refractivity contribution in [1.29, 1.82) is 0 Å². The molecule has 30 heavy (non-hydrogen) atoms. The second-order valence-corrected chi connectivity index (χ2v) is 8.25. The van der Waals surface area contributed by atoms with Gasteiger partial charge in [-0.2, -0.15) is 0 Å². The van der Waals surface area contributed by atoms with Gasteiger partial charge in [-0.15, -0.1) is 0 Å². The molecule has 1 rings (SSSR count). The molecule has 0 N–H and O–H groups in total. The van der Waals surface area contributed by atoms with Crippen molar-refractivity contribution in [2.45, 2.75) is 109 Å². The van der Waals surface area contributed by atoms with E-state index >= 15 is 0 Å². The Labute approximate surface area is 181 Å². The van der Waals surface area contributed by atoms with Crippen molar-refractivity contribution in [3.8, 4) is 0 Å². The molecule has 1 aliphatic rings. The molecule has 172 valence electrons. The highest BCUT2D eigenvalue weighted by Crippen LogP contribution is 2.34. The van der Waals surface area contributed by atoms with Crippen LogP contribution in [0.5, 0.6) is 0 Å². The molecule has 1 atom stereocenters. The largest absolute Gasteiger partial charge is 0.459 e. The summed E-state index contributed by atoms with van der Waals surface area (Å²) in [5.74, 6) is -0.784. The summed E-state index contributed by atoms with van der Waals surface area (Å²) in [7, 11) is 3.12. The number of Topliss-reactive ketones (excluding diaryl/α,β-unsaturated/α-hetero) is 1. The number of ketones is 2. The standard InChI is InChI=1S/C24H40O6/c1-5-7-8-11-20(25)13-10-17-24(28-3,29-4)19-14-21(26)12-9-16-23(6-2)18-15-22(27)30-23/h10,13H,5-9,11-12,14-19H2,1-4H3. The Morgan fingerprint density at radius 2 is 1.83 bits per heavy atom. The van der Waals surface area contributed by atoms with Crippen LogP contribution in [0.2, 0.25) is 0 Å². The Morgan fingerprint density at radius 3 is 2.40 bits per heavy atom. The second kappa shape index (κ2) is 13.7. The van der Waals surface area contributed by atoms with Crippen molar-refractivity contribution in [3.05, 3.63) is 12.2 Å². The lowest BCUT2D eigenvalue weighted by Crippen LogP contribution is -2.34. The highest BCUT2D eigenvalue weighted by Gasteiger charge is 2.38. The van der Waals surface area contributed by atoms with Gasteiger partial charge in [0, 0.05) is 52.7 Å². The van der Waals surface area contributed by atoms with Crippen LogP contribution in [0.3, 0.4) is 0 Å². The zero-order chi connectivity index (χ0) is 22.5. The average Bonchev–Trinajstić information content (AvgIpc) is 3.12. The topological polar surface area (TPSA) is 78.9 Å². The molecule has 0 aromatic carbocycles. The molecule has 1 heterocycles. The molecule has 1 unspecified atom stereocenters. The molecule has 0 aromatic heterocycles. The summed E-state index contributed by atoms with van der Waals surface area (Å²) < 4.78 is 16.6. The minimum atomic E-state index is -0.901. The summed E-state index contributed by atoms with van der Waals surface area (Å²) in [6.07, 6.45) is 12.1. The van der Waals surface area contributed by atoms with E-state index in [9.17, 15) is 14.4 Å². The highest BCUT2D eigenvalue weighted by atomic mass is 16.7. The van der Waals surface area contributed by atoms with Gasteiger partial charge in [-0.3, -0.25) is 14.4 Å². The van der Waals surface area contributed by atoms with Crippen molar-refractivity contribution in [3.63, 3.8) is 0 Å². The normalized spacial score (nSPS) is 19.4. The first-order chi connectivity index (χ1) is 14.3. The number of hydrogen-bond acceptors (Lipinski definition) is 6. The van der Waals surface area contributed by atoms with Crippen LogP contribution in [-0.2, 0) is 28.6 Å². The lowest BCUT2D eigenvalue weighted by molar-refractivity contribution is -0.208. The number of allylic oxidation sites excluding steroid dienone is 1. The fourth-order valence-corrected chi connectivity index (χ4v) is 3.90. The Kier molecular flexibility index (Phi) is 12.1. The fourth-order valence-electron chi connectivity index (χ4n) is 3.90. The van der Waals surface area contributed by atoms with Crippen LogP contribution in [0.15, 0.2) is 12.2 Å². The fraction of sp³-hybridized carbons (Fsp3) is 0.792. The summed E-state index contributed by atoms with van der Waals surface area (Å²) in [4.78, 5) is 35.7. The van der Waals surface area contributed by atoms with E-state index in [0.717, 1.165) is 38.5 Å². The molecule has 0 amide bonds. The third-order valence-corrected chi connectivity index (χ3v) is 6.14. The minimum absolute atomic E-state index is 0.109. The van der Waals surface area contributed by atoms with Gasteiger partial charge in [0.25, 0.3) is 0 Å². The van der Waals surface area contributed by atoms with Gasteiger partial charge in [0.05, 0.1) is 0 Å². The maximum atomic E-state index is 12.4.